The van der Waals surface area contributed by atoms with E-state index in [0.29, 0.717) is 48.5 Å². The number of aromatic amines is 1. The summed E-state index contributed by atoms with van der Waals surface area (Å²) < 4.78 is 1.25. The summed E-state index contributed by atoms with van der Waals surface area (Å²) in [4.78, 5) is 28.0. The first-order valence-electron chi connectivity index (χ1n) is 18.5. The Hall–Kier alpha value is -2.26. The van der Waals surface area contributed by atoms with E-state index >= 15 is 0 Å². The van der Waals surface area contributed by atoms with Crippen molar-refractivity contribution in [2.45, 2.75) is 119 Å². The van der Waals surface area contributed by atoms with Crippen LogP contribution in [0, 0.1) is 0 Å². The molecule has 4 aromatic rings. The molecule has 0 spiro atoms. The molecule has 0 radical (unpaired) electrons. The molecule has 1 amide bonds. The Bertz CT molecular complexity index is 1770. The van der Waals surface area contributed by atoms with Crippen LogP contribution in [0.2, 0.25) is 25.1 Å². The normalized spacial score (nSPS) is 11.3. The first kappa shape index (κ1) is 42.5. The number of carbonyl (C=O) groups excluding carboxylic acids is 1. The van der Waals surface area contributed by atoms with Crippen molar-refractivity contribution in [1.29, 1.82) is 0 Å². The largest absolute Gasteiger partial charge is 0.352 e. The summed E-state index contributed by atoms with van der Waals surface area (Å²) in [5, 5.41) is 10.9. The lowest BCUT2D eigenvalue weighted by Gasteiger charge is -2.10. The lowest BCUT2D eigenvalue weighted by atomic mass is 10.0. The zero-order valence-corrected chi connectivity index (χ0v) is 34.4. The van der Waals surface area contributed by atoms with Gasteiger partial charge in [0.2, 0.25) is 0 Å². The molecule has 0 atom stereocenters. The van der Waals surface area contributed by atoms with Crippen LogP contribution in [0.1, 0.15) is 120 Å². The van der Waals surface area contributed by atoms with Crippen molar-refractivity contribution >= 4 is 87.2 Å². The fraction of sp³-hybridized carbons (Fsp3) is 0.450. The zero-order valence-electron chi connectivity index (χ0n) is 29.8. The second kappa shape index (κ2) is 22.8. The molecule has 0 aliphatic heterocycles. The number of aromatic nitrogens is 2. The molecule has 52 heavy (non-hydrogen) atoms. The van der Waals surface area contributed by atoms with Crippen LogP contribution in [0.15, 0.2) is 69.2 Å². The number of amides is 1. The predicted octanol–water partition coefficient (Wildman–Crippen LogP) is 14.3. The van der Waals surface area contributed by atoms with Crippen LogP contribution in [0.3, 0.4) is 0 Å². The maximum Gasteiger partial charge on any atom is 0.287 e. The van der Waals surface area contributed by atoms with Gasteiger partial charge in [0, 0.05) is 27.0 Å². The minimum absolute atomic E-state index is 0.152. The van der Waals surface area contributed by atoms with Gasteiger partial charge in [0.05, 0.1) is 20.8 Å². The van der Waals surface area contributed by atoms with Gasteiger partial charge in [-0.1, -0.05) is 179 Å². The second-order valence-corrected chi connectivity index (χ2v) is 16.3. The quantitative estimate of drug-likeness (QED) is 0.0651. The van der Waals surface area contributed by atoms with E-state index < -0.39 is 5.56 Å². The van der Waals surface area contributed by atoms with Crippen molar-refractivity contribution in [3.63, 3.8) is 0 Å². The maximum atomic E-state index is 13.9. The van der Waals surface area contributed by atoms with E-state index in [1.54, 1.807) is 36.4 Å². The number of hydrogen-bond donors (Lipinski definition) is 3. The molecule has 3 aromatic carbocycles. The van der Waals surface area contributed by atoms with Crippen molar-refractivity contribution in [2.75, 3.05) is 11.9 Å². The van der Waals surface area contributed by atoms with Gasteiger partial charge in [0.15, 0.2) is 0 Å². The number of unbranched alkanes of at least 4 members (excludes halogenated alkanes) is 15. The van der Waals surface area contributed by atoms with Crippen LogP contribution in [0.25, 0.3) is 5.69 Å². The van der Waals surface area contributed by atoms with Gasteiger partial charge in [-0.15, -0.1) is 0 Å². The summed E-state index contributed by atoms with van der Waals surface area (Å²) in [6, 6.07) is 15.2. The SMILES string of the molecule is CCCCCCCCCCCCCCCCCCNC(=O)c1cccc(Sc2c(Nc3ccc(Cl)cc3Cl)[nH]n(-c3c(Cl)cc(Cl)cc3Cl)c2=O)c1. The van der Waals surface area contributed by atoms with Crippen LogP contribution >= 0.6 is 69.8 Å². The van der Waals surface area contributed by atoms with Crippen LogP contribution in [0.5, 0.6) is 0 Å². The predicted molar refractivity (Wildman–Crippen MR) is 224 cm³/mol. The lowest BCUT2D eigenvalue weighted by Crippen LogP contribution is -2.24. The third-order valence-electron chi connectivity index (χ3n) is 8.88. The molecular formula is C40H49Cl5N4O2S. The molecule has 6 nitrogen and oxygen atoms in total. The fourth-order valence-electron chi connectivity index (χ4n) is 6.03. The van der Waals surface area contributed by atoms with E-state index in [-0.39, 0.29) is 21.6 Å². The van der Waals surface area contributed by atoms with E-state index in [2.05, 4.69) is 22.7 Å². The molecule has 12 heteroatoms. The minimum Gasteiger partial charge on any atom is -0.352 e. The standard InChI is InChI=1S/C40H49Cl5N4O2S/c1-2-3-4-5-6-7-8-9-10-11-12-13-14-15-16-17-23-46-39(50)28-19-18-20-31(24-28)52-37-38(47-35-22-21-29(41)25-32(35)43)48-49(40(37)51)36-33(44)26-30(42)27-34(36)45/h18-22,24-27,47-48H,2-17,23H2,1H3,(H,46,50). The van der Waals surface area contributed by atoms with Crippen molar-refractivity contribution in [1.82, 2.24) is 15.1 Å². The molecule has 0 unspecified atom stereocenters. The summed E-state index contributed by atoms with van der Waals surface area (Å²) in [6.45, 7) is 2.89. The van der Waals surface area contributed by atoms with E-state index in [1.807, 2.05) is 6.07 Å². The highest BCUT2D eigenvalue weighted by Crippen LogP contribution is 2.37. The Morgan fingerprint density at radius 3 is 1.83 bits per heavy atom. The first-order valence-corrected chi connectivity index (χ1v) is 21.2. The third kappa shape index (κ3) is 13.5. The van der Waals surface area contributed by atoms with Gasteiger partial charge in [-0.3, -0.25) is 14.7 Å². The average Bonchev–Trinajstić information content (AvgIpc) is 3.40. The van der Waals surface area contributed by atoms with Gasteiger partial charge in [-0.05, 0) is 55.0 Å². The van der Waals surface area contributed by atoms with E-state index in [0.717, 1.165) is 12.8 Å². The van der Waals surface area contributed by atoms with Crippen molar-refractivity contribution in [3.05, 3.63) is 95.6 Å². The molecule has 0 saturated heterocycles. The molecule has 0 bridgehead atoms. The monoisotopic (exact) mass is 824 g/mol. The fourth-order valence-corrected chi connectivity index (χ4v) is 8.42. The minimum atomic E-state index is -0.415. The Morgan fingerprint density at radius 2 is 1.25 bits per heavy atom. The van der Waals surface area contributed by atoms with E-state index in [9.17, 15) is 9.59 Å². The Kier molecular flexibility index (Phi) is 18.7. The van der Waals surface area contributed by atoms with Crippen molar-refractivity contribution in [2.24, 2.45) is 0 Å². The molecular weight excluding hydrogens is 778 g/mol. The van der Waals surface area contributed by atoms with Crippen LogP contribution in [-0.4, -0.2) is 22.2 Å². The summed E-state index contributed by atoms with van der Waals surface area (Å²) in [5.74, 6) is 0.195. The first-order chi connectivity index (χ1) is 25.2. The third-order valence-corrected chi connectivity index (χ3v) is 11.3. The van der Waals surface area contributed by atoms with Crippen LogP contribution in [0.4, 0.5) is 11.5 Å². The Balaban J connectivity index is 1.27. The molecule has 1 aromatic heterocycles. The highest BCUT2D eigenvalue weighted by molar-refractivity contribution is 7.99. The highest BCUT2D eigenvalue weighted by Gasteiger charge is 2.22. The molecule has 282 valence electrons. The number of nitrogens with one attached hydrogen (secondary N) is 3. The number of halogens is 5. The smallest absolute Gasteiger partial charge is 0.287 e. The van der Waals surface area contributed by atoms with Gasteiger partial charge >= 0.3 is 0 Å². The van der Waals surface area contributed by atoms with Crippen LogP contribution < -0.4 is 16.2 Å². The number of hydrogen-bond acceptors (Lipinski definition) is 4. The summed E-state index contributed by atoms with van der Waals surface area (Å²) in [7, 11) is 0. The van der Waals surface area contributed by atoms with Crippen molar-refractivity contribution in [3.8, 4) is 5.69 Å². The van der Waals surface area contributed by atoms with E-state index in [1.165, 1.54) is 118 Å². The molecule has 3 N–H and O–H groups in total. The number of H-pyrrole nitrogens is 1. The van der Waals surface area contributed by atoms with Gasteiger partial charge in [0.25, 0.3) is 11.5 Å². The average molecular weight is 827 g/mol. The van der Waals surface area contributed by atoms with Crippen LogP contribution in [-0.2, 0) is 0 Å². The maximum absolute atomic E-state index is 13.9. The number of rotatable bonds is 23. The van der Waals surface area contributed by atoms with Gasteiger partial charge in [-0.25, -0.2) is 4.68 Å². The van der Waals surface area contributed by atoms with Gasteiger partial charge in [-0.2, -0.15) is 0 Å². The highest BCUT2D eigenvalue weighted by atomic mass is 35.5. The van der Waals surface area contributed by atoms with E-state index in [4.69, 9.17) is 58.0 Å². The number of carbonyl (C=O) groups is 1. The summed E-state index contributed by atoms with van der Waals surface area (Å²) >= 11 is 32.9. The number of anilines is 2. The lowest BCUT2D eigenvalue weighted by molar-refractivity contribution is 0.0952. The number of benzene rings is 3. The molecule has 0 aliphatic rings. The number of nitrogens with zero attached hydrogens (tertiary/aromatic N) is 1. The summed E-state index contributed by atoms with van der Waals surface area (Å²) in [5.41, 5.74) is 0.868. The molecule has 0 fully saturated rings. The Labute approximate surface area is 337 Å². The molecule has 4 rings (SSSR count). The van der Waals surface area contributed by atoms with Gasteiger partial charge in [0.1, 0.15) is 16.4 Å². The topological polar surface area (TPSA) is 78.9 Å². The zero-order chi connectivity index (χ0) is 37.3. The summed E-state index contributed by atoms with van der Waals surface area (Å²) in [6.07, 6.45) is 20.9. The second-order valence-electron chi connectivity index (χ2n) is 13.1. The molecule has 1 heterocycles. The molecule has 0 aliphatic carbocycles. The Morgan fingerprint density at radius 1 is 0.692 bits per heavy atom. The van der Waals surface area contributed by atoms with Crippen molar-refractivity contribution < 1.29 is 4.79 Å². The molecule has 0 saturated carbocycles. The van der Waals surface area contributed by atoms with Gasteiger partial charge < -0.3 is 10.6 Å².